The van der Waals surface area contributed by atoms with Crippen LogP contribution in [0.1, 0.15) is 96.2 Å². The number of thioether (sulfide) groups is 1. The van der Waals surface area contributed by atoms with Crippen LogP contribution in [0.3, 0.4) is 0 Å². The molecule has 1 aromatic heterocycles. The fourth-order valence-corrected chi connectivity index (χ4v) is 9.05. The number of primary amides is 1. The fourth-order valence-electron chi connectivity index (χ4n) is 8.57. The van der Waals surface area contributed by atoms with Gasteiger partial charge in [-0.3, -0.25) is 52.7 Å². The van der Waals surface area contributed by atoms with Gasteiger partial charge in [0.1, 0.15) is 60.1 Å². The normalized spacial score (nSPS) is 14.9. The number of H-pyrrole nitrogens is 1. The summed E-state index contributed by atoms with van der Waals surface area (Å²) >= 11 is 1.30. The van der Waals surface area contributed by atoms with Crippen molar-refractivity contribution in [1.82, 2.24) is 63.1 Å². The average Bonchev–Trinajstić information content (AvgIpc) is 3.25. The topological polar surface area (TPSA) is 559 Å². The maximum atomic E-state index is 14.7. The van der Waals surface area contributed by atoms with E-state index in [4.69, 9.17) is 22.9 Å². The van der Waals surface area contributed by atoms with Gasteiger partial charge < -0.3 is 107 Å². The molecule has 0 bridgehead atoms. The number of nitrogens with two attached hydrogens (primary N) is 4. The summed E-state index contributed by atoms with van der Waals surface area (Å²) in [5.41, 5.74) is 23.1. The van der Waals surface area contributed by atoms with Crippen molar-refractivity contribution in [2.24, 2.45) is 28.9 Å². The predicted molar refractivity (Wildman–Crippen MR) is 323 cm³/mol. The van der Waals surface area contributed by atoms with Crippen LogP contribution in [0.15, 0.2) is 36.8 Å². The molecule has 11 amide bonds. The summed E-state index contributed by atoms with van der Waals surface area (Å²) < 4.78 is 0. The third-order valence-corrected chi connectivity index (χ3v) is 14.2. The molecule has 0 unspecified atom stereocenters. The number of phenols is 1. The number of nitrogens with zero attached hydrogens (tertiary/aromatic N) is 1. The maximum absolute atomic E-state index is 14.7. The van der Waals surface area contributed by atoms with Gasteiger partial charge in [-0.15, -0.1) is 0 Å². The Balaban J connectivity index is 2.48. The Kier molecular flexibility index (Phi) is 35.7. The molecule has 11 atom stereocenters. The largest absolute Gasteiger partial charge is 0.508 e. The van der Waals surface area contributed by atoms with Crippen LogP contribution in [0, 0.1) is 5.92 Å². The first kappa shape index (κ1) is 77.1. The van der Waals surface area contributed by atoms with Gasteiger partial charge in [-0.1, -0.05) is 26.0 Å². The van der Waals surface area contributed by atoms with Crippen molar-refractivity contribution < 1.29 is 83.1 Å². The summed E-state index contributed by atoms with van der Waals surface area (Å²) in [6, 6.07) is -9.53. The number of carbonyl (C=O) groups is 12. The number of amides is 11. The van der Waals surface area contributed by atoms with Crippen LogP contribution >= 0.6 is 11.8 Å². The number of carbonyl (C=O) groups excluding carboxylic acids is 11. The van der Waals surface area contributed by atoms with E-state index in [2.05, 4.69) is 63.1 Å². The van der Waals surface area contributed by atoms with E-state index in [1.54, 1.807) is 6.26 Å². The lowest BCUT2D eigenvalue weighted by molar-refractivity contribution is -0.142. The van der Waals surface area contributed by atoms with Crippen LogP contribution in [0.2, 0.25) is 0 Å². The highest BCUT2D eigenvalue weighted by molar-refractivity contribution is 7.98. The summed E-state index contributed by atoms with van der Waals surface area (Å²) in [5, 5.41) is 74.9. The molecule has 0 aliphatic carbocycles. The third-order valence-electron chi connectivity index (χ3n) is 13.5. The zero-order chi connectivity index (χ0) is 66.8. The van der Waals surface area contributed by atoms with Gasteiger partial charge in [0, 0.05) is 31.2 Å². The molecule has 498 valence electrons. The molecular formula is C55H90N16O17S. The highest BCUT2D eigenvalue weighted by Gasteiger charge is 2.37. The molecule has 0 fully saturated rings. The van der Waals surface area contributed by atoms with Crippen LogP contribution in [-0.4, -0.2) is 218 Å². The fraction of sp³-hybridized carbons (Fsp3) is 0.618. The summed E-state index contributed by atoms with van der Waals surface area (Å²) in [4.78, 5) is 167. The predicted octanol–water partition coefficient (Wildman–Crippen LogP) is -6.52. The number of hydrogen-bond donors (Lipinski definition) is 20. The van der Waals surface area contributed by atoms with Crippen LogP contribution in [0.4, 0.5) is 0 Å². The lowest BCUT2D eigenvalue weighted by Crippen LogP contribution is -2.62. The Bertz CT molecular complexity index is 2620. The zero-order valence-electron chi connectivity index (χ0n) is 50.4. The number of carboxylic acids is 1. The minimum atomic E-state index is -1.82. The molecule has 89 heavy (non-hydrogen) atoms. The van der Waals surface area contributed by atoms with E-state index in [9.17, 15) is 83.1 Å². The number of aromatic hydroxyl groups is 1. The van der Waals surface area contributed by atoms with Gasteiger partial charge in [-0.25, -0.2) is 9.78 Å². The van der Waals surface area contributed by atoms with E-state index in [0.717, 1.165) is 6.92 Å². The van der Waals surface area contributed by atoms with Gasteiger partial charge in [0.25, 0.3) is 0 Å². The number of aromatic nitrogens is 2. The minimum absolute atomic E-state index is 0.0204. The summed E-state index contributed by atoms with van der Waals surface area (Å²) in [6.07, 6.45) is 2.74. The van der Waals surface area contributed by atoms with E-state index in [1.165, 1.54) is 48.6 Å². The minimum Gasteiger partial charge on any atom is -0.508 e. The SMILES string of the molecule is CSCC[C@H](NC(=O)[C@H](CCCCN)NC(=O)[C@H](CO)NC(=O)[C@H](CO)NC(=O)[C@@H](N)CC(C)C)C(=O)N[C@@H](Cc1ccc(O)cc1)C(=O)N[C@@H](Cc1cnc[nH]1)C(=O)N[C@H](C(=O)N[C@@H](CCCCN)C(=O)NCC(=O)N[C@@H](CCC(N)=O)C(=O)O)[C@@H](C)O. The van der Waals surface area contributed by atoms with E-state index in [-0.39, 0.29) is 100 Å². The second-order valence-corrected chi connectivity index (χ2v) is 22.4. The lowest BCUT2D eigenvalue weighted by atomic mass is 10.0. The van der Waals surface area contributed by atoms with Gasteiger partial charge >= 0.3 is 5.97 Å². The number of imidazole rings is 1. The number of aliphatic hydroxyl groups is 3. The number of hydrogen-bond acceptors (Lipinski definition) is 21. The maximum Gasteiger partial charge on any atom is 0.326 e. The van der Waals surface area contributed by atoms with Crippen molar-refractivity contribution in [2.75, 3.05) is 44.9 Å². The van der Waals surface area contributed by atoms with Crippen molar-refractivity contribution in [2.45, 2.75) is 164 Å². The van der Waals surface area contributed by atoms with Gasteiger partial charge in [0.05, 0.1) is 38.2 Å². The van der Waals surface area contributed by atoms with Crippen molar-refractivity contribution in [3.63, 3.8) is 0 Å². The zero-order valence-corrected chi connectivity index (χ0v) is 51.2. The first-order valence-corrected chi connectivity index (χ1v) is 30.4. The number of unbranched alkanes of at least 4 members (excludes halogenated alkanes) is 2. The number of benzene rings is 1. The number of aliphatic hydroxyl groups excluding tert-OH is 3. The number of phenolic OH excluding ortho intramolecular Hbond substituents is 1. The Morgan fingerprint density at radius 3 is 1.54 bits per heavy atom. The number of aliphatic carboxylic acids is 1. The third kappa shape index (κ3) is 29.2. The molecule has 1 heterocycles. The van der Waals surface area contributed by atoms with Gasteiger partial charge in [0.2, 0.25) is 65.0 Å². The van der Waals surface area contributed by atoms with Gasteiger partial charge in [-0.2, -0.15) is 11.8 Å². The van der Waals surface area contributed by atoms with Gasteiger partial charge in [0.15, 0.2) is 0 Å². The average molecular weight is 1280 g/mol. The second kappa shape index (κ2) is 41.2. The van der Waals surface area contributed by atoms with E-state index >= 15 is 0 Å². The van der Waals surface area contributed by atoms with Crippen LogP contribution in [0.25, 0.3) is 0 Å². The first-order chi connectivity index (χ1) is 42.2. The molecular weight excluding hydrogens is 1190 g/mol. The highest BCUT2D eigenvalue weighted by atomic mass is 32.2. The molecule has 0 spiro atoms. The molecule has 0 saturated carbocycles. The Morgan fingerprint density at radius 1 is 0.584 bits per heavy atom. The first-order valence-electron chi connectivity index (χ1n) is 29.0. The number of aromatic amines is 1. The Morgan fingerprint density at radius 2 is 1.06 bits per heavy atom. The van der Waals surface area contributed by atoms with E-state index in [1.807, 2.05) is 13.8 Å². The molecule has 24 N–H and O–H groups in total. The van der Waals surface area contributed by atoms with E-state index < -0.39 is 157 Å². The quantitative estimate of drug-likeness (QED) is 0.0274. The van der Waals surface area contributed by atoms with Crippen LogP contribution in [-0.2, 0) is 70.4 Å². The molecule has 34 heteroatoms. The molecule has 1 aromatic carbocycles. The van der Waals surface area contributed by atoms with Crippen molar-refractivity contribution >= 4 is 82.7 Å². The highest BCUT2D eigenvalue weighted by Crippen LogP contribution is 2.14. The standard InChI is InChI=1S/C55H90N16O17S/c1-29(2)21-34(58)46(78)69-41(26-72)53(85)70-42(27-73)52(84)64-36(10-6-8-19-57)48(80)65-37(17-20-89-4)49(81)67-39(22-31-11-13-33(75)14-12-31)50(82)68-40(23-32-24-60-28-62-32)51(83)71-45(30(3)74)54(86)66-35(9-5-7-18-56)47(79)61-25-44(77)63-38(55(87)88)15-16-43(59)76/h11-14,24,28-30,34-42,45,72-75H,5-10,15-23,25-27,56-58H2,1-4H3,(H2,59,76)(H,60,62)(H,61,79)(H,63,77)(H,64,84)(H,65,80)(H,66,86)(H,67,81)(H,68,82)(H,69,78)(H,70,85)(H,71,83)(H,87,88)/t30-,34+,35+,36+,37+,38+,39+,40+,41+,42+,45+/m1/s1. The summed E-state index contributed by atoms with van der Waals surface area (Å²) in [5.74, 6) is -11.8. The van der Waals surface area contributed by atoms with Gasteiger partial charge in [-0.05, 0) is 113 Å². The monoisotopic (exact) mass is 1280 g/mol. The molecule has 0 radical (unpaired) electrons. The smallest absolute Gasteiger partial charge is 0.326 e. The Hall–Kier alpha value is -8.02. The second-order valence-electron chi connectivity index (χ2n) is 21.4. The molecule has 33 nitrogen and oxygen atoms in total. The molecule has 0 aliphatic heterocycles. The van der Waals surface area contributed by atoms with Crippen LogP contribution in [0.5, 0.6) is 5.75 Å². The molecule has 0 saturated heterocycles. The van der Waals surface area contributed by atoms with Crippen molar-refractivity contribution in [1.29, 1.82) is 0 Å². The molecule has 2 rings (SSSR count). The summed E-state index contributed by atoms with van der Waals surface area (Å²) in [6.45, 7) is 2.53. The summed E-state index contributed by atoms with van der Waals surface area (Å²) in [7, 11) is 0. The number of rotatable bonds is 44. The van der Waals surface area contributed by atoms with Crippen LogP contribution < -0.4 is 76.1 Å². The lowest BCUT2D eigenvalue weighted by Gasteiger charge is -2.28. The number of nitrogens with one attached hydrogen (secondary N) is 11. The van der Waals surface area contributed by atoms with E-state index in [0.29, 0.717) is 18.4 Å². The Labute approximate surface area is 519 Å². The molecule has 2 aromatic rings. The van der Waals surface area contributed by atoms with Crippen molar-refractivity contribution in [3.05, 3.63) is 48.0 Å². The number of carboxylic acid groups (broad SMARTS) is 1. The van der Waals surface area contributed by atoms with Crippen molar-refractivity contribution in [3.8, 4) is 5.75 Å². The molecule has 0 aliphatic rings.